The van der Waals surface area contributed by atoms with Crippen LogP contribution in [0.3, 0.4) is 0 Å². The normalized spacial score (nSPS) is 15.1. The second kappa shape index (κ2) is 20.2. The van der Waals surface area contributed by atoms with Crippen LogP contribution in [0.2, 0.25) is 0 Å². The van der Waals surface area contributed by atoms with E-state index in [-0.39, 0.29) is 19.2 Å². The summed E-state index contributed by atoms with van der Waals surface area (Å²) in [6.07, 6.45) is 18.9. The number of allylic oxidation sites excluding steroid dienone is 4. The van der Waals surface area contributed by atoms with E-state index >= 15 is 0 Å². The van der Waals surface area contributed by atoms with Gasteiger partial charge in [0.05, 0.1) is 27.7 Å². The molecule has 0 amide bonds. The summed E-state index contributed by atoms with van der Waals surface area (Å²) in [7, 11) is 1.55. The summed E-state index contributed by atoms with van der Waals surface area (Å²) in [4.78, 5) is 21.4. The Morgan fingerprint density at radius 2 is 1.53 bits per heavy atom. The number of aliphatic hydroxyl groups is 1. The predicted octanol–water partition coefficient (Wildman–Crippen LogP) is 5.15. The molecule has 0 spiro atoms. The van der Waals surface area contributed by atoms with E-state index in [1.807, 2.05) is 21.1 Å². The summed E-state index contributed by atoms with van der Waals surface area (Å²) < 4.78 is 27.0. The van der Waals surface area contributed by atoms with Crippen LogP contribution in [0.4, 0.5) is 0 Å². The van der Waals surface area contributed by atoms with Crippen LogP contribution in [0, 0.1) is 0 Å². The molecule has 0 fully saturated rings. The van der Waals surface area contributed by atoms with E-state index in [4.69, 9.17) is 13.8 Å². The highest BCUT2D eigenvalue weighted by molar-refractivity contribution is 7.47. The zero-order valence-electron chi connectivity index (χ0n) is 21.8. The molecule has 2 atom stereocenters. The minimum Gasteiger partial charge on any atom is -0.463 e. The molecule has 0 aliphatic rings. The van der Waals surface area contributed by atoms with Crippen molar-refractivity contribution < 1.29 is 37.6 Å². The average Bonchev–Trinajstić information content (AvgIpc) is 2.75. The lowest BCUT2D eigenvalue weighted by Crippen LogP contribution is -2.37. The Morgan fingerprint density at radius 1 is 0.912 bits per heavy atom. The van der Waals surface area contributed by atoms with Crippen molar-refractivity contribution in [2.24, 2.45) is 0 Å². The number of hydrogen-bond acceptors (Lipinski definition) is 6. The van der Waals surface area contributed by atoms with Gasteiger partial charge in [-0.05, 0) is 32.1 Å². The predicted molar refractivity (Wildman–Crippen MR) is 136 cm³/mol. The van der Waals surface area contributed by atoms with Gasteiger partial charge in [0, 0.05) is 6.42 Å². The first kappa shape index (κ1) is 33.0. The van der Waals surface area contributed by atoms with Crippen LogP contribution in [-0.4, -0.2) is 74.1 Å². The fourth-order valence-corrected chi connectivity index (χ4v) is 3.59. The van der Waals surface area contributed by atoms with Crippen molar-refractivity contribution in [1.29, 1.82) is 0 Å². The second-order valence-corrected chi connectivity index (χ2v) is 11.0. The molecule has 0 aromatic rings. The molecular weight excluding hydrogens is 457 g/mol. The fourth-order valence-electron chi connectivity index (χ4n) is 2.85. The molecule has 34 heavy (non-hydrogen) atoms. The number of quaternary nitrogens is 1. The quantitative estimate of drug-likeness (QED) is 0.0688. The van der Waals surface area contributed by atoms with E-state index in [1.54, 1.807) is 0 Å². The van der Waals surface area contributed by atoms with Crippen molar-refractivity contribution in [2.75, 3.05) is 47.5 Å². The van der Waals surface area contributed by atoms with Gasteiger partial charge in [-0.3, -0.25) is 13.8 Å². The third-order valence-electron chi connectivity index (χ3n) is 4.96. The van der Waals surface area contributed by atoms with Crippen molar-refractivity contribution in [3.05, 3.63) is 24.3 Å². The van der Waals surface area contributed by atoms with Crippen LogP contribution in [0.1, 0.15) is 77.6 Å². The van der Waals surface area contributed by atoms with Crippen LogP contribution in [-0.2, 0) is 23.1 Å². The monoisotopic (exact) mass is 506 g/mol. The molecule has 200 valence electrons. The number of ether oxygens (including phenoxy) is 1. The van der Waals surface area contributed by atoms with Gasteiger partial charge in [0.1, 0.15) is 25.9 Å². The lowest BCUT2D eigenvalue weighted by atomic mass is 10.1. The summed E-state index contributed by atoms with van der Waals surface area (Å²) in [5.74, 6) is -0.389. The molecule has 1 unspecified atom stereocenters. The topological polar surface area (TPSA) is 102 Å². The second-order valence-electron chi connectivity index (χ2n) is 9.58. The van der Waals surface area contributed by atoms with Gasteiger partial charge in [-0.15, -0.1) is 0 Å². The molecule has 9 heteroatoms. The molecule has 0 aliphatic heterocycles. The number of likely N-dealkylation sites (N-methyl/N-ethyl adjacent to an activating group) is 1. The van der Waals surface area contributed by atoms with Crippen molar-refractivity contribution in [1.82, 2.24) is 0 Å². The van der Waals surface area contributed by atoms with Gasteiger partial charge in [-0.2, -0.15) is 0 Å². The van der Waals surface area contributed by atoms with Crippen molar-refractivity contribution in [3.63, 3.8) is 0 Å². The van der Waals surface area contributed by atoms with Crippen molar-refractivity contribution >= 4 is 13.8 Å². The highest BCUT2D eigenvalue weighted by Gasteiger charge is 2.24. The number of rotatable bonds is 22. The number of carbonyl (C=O) groups is 1. The van der Waals surface area contributed by atoms with Crippen LogP contribution >= 0.6 is 7.82 Å². The minimum absolute atomic E-state index is 0.0514. The number of unbranched alkanes of at least 4 members (excludes halogenated alkanes) is 7. The summed E-state index contributed by atoms with van der Waals surface area (Å²) in [5.41, 5.74) is 0. The molecule has 0 aromatic heterocycles. The smallest absolute Gasteiger partial charge is 0.463 e. The van der Waals surface area contributed by atoms with Gasteiger partial charge in [-0.25, -0.2) is 4.57 Å². The summed E-state index contributed by atoms with van der Waals surface area (Å²) in [6.45, 7) is 2.06. The zero-order chi connectivity index (χ0) is 25.7. The summed E-state index contributed by atoms with van der Waals surface area (Å²) in [6, 6.07) is 0. The van der Waals surface area contributed by atoms with Crippen molar-refractivity contribution in [2.45, 2.75) is 83.7 Å². The van der Waals surface area contributed by atoms with E-state index in [2.05, 4.69) is 31.2 Å². The SMILES string of the molecule is CCCC/C=C\C/C=C\CCCCCCCC(=O)OC[C@@H](O)COP(=O)(O)OCC[N+](C)(C)C. The van der Waals surface area contributed by atoms with Crippen LogP contribution in [0.5, 0.6) is 0 Å². The molecule has 0 saturated heterocycles. The lowest BCUT2D eigenvalue weighted by Gasteiger charge is -2.24. The van der Waals surface area contributed by atoms with E-state index in [9.17, 15) is 19.4 Å². The van der Waals surface area contributed by atoms with Gasteiger partial charge in [0.2, 0.25) is 0 Å². The van der Waals surface area contributed by atoms with Crippen LogP contribution in [0.25, 0.3) is 0 Å². The number of hydrogen-bond donors (Lipinski definition) is 2. The molecular formula is C25H49NO7P+. The summed E-state index contributed by atoms with van der Waals surface area (Å²) in [5, 5.41) is 9.81. The molecule has 0 rings (SSSR count). The highest BCUT2D eigenvalue weighted by atomic mass is 31.2. The number of aliphatic hydroxyl groups excluding tert-OH is 1. The van der Waals surface area contributed by atoms with Crippen LogP contribution < -0.4 is 0 Å². The summed E-state index contributed by atoms with van der Waals surface area (Å²) >= 11 is 0. The molecule has 2 N–H and O–H groups in total. The molecule has 0 saturated carbocycles. The molecule has 0 aromatic carbocycles. The molecule has 0 radical (unpaired) electrons. The van der Waals surface area contributed by atoms with E-state index in [0.717, 1.165) is 44.9 Å². The Bertz CT molecular complexity index is 617. The maximum Gasteiger partial charge on any atom is 0.472 e. The molecule has 8 nitrogen and oxygen atoms in total. The Balaban J connectivity index is 3.65. The third-order valence-corrected chi connectivity index (χ3v) is 5.95. The highest BCUT2D eigenvalue weighted by Crippen LogP contribution is 2.43. The van der Waals surface area contributed by atoms with Gasteiger partial charge in [0.25, 0.3) is 0 Å². The molecule has 0 heterocycles. The Labute approximate surface area is 207 Å². The largest absolute Gasteiger partial charge is 0.472 e. The van der Waals surface area contributed by atoms with Crippen molar-refractivity contribution in [3.8, 4) is 0 Å². The molecule has 0 aliphatic carbocycles. The number of carbonyl (C=O) groups excluding carboxylic acids is 1. The standard InChI is InChI=1S/C25H48NO7P/c1-5-6-7-8-9-10-11-12-13-14-15-16-17-18-19-25(28)31-22-24(27)23-33-34(29,30)32-21-20-26(2,3)4/h8-9,11-12,24,27H,5-7,10,13-23H2,1-4H3/p+1/b9-8-,12-11-/t24-/m1/s1. The first-order chi connectivity index (χ1) is 16.1. The van der Waals surface area contributed by atoms with E-state index in [0.29, 0.717) is 17.4 Å². The number of phosphoric ester groups is 1. The Hall–Kier alpha value is -1.02. The number of nitrogens with zero attached hydrogens (tertiary/aromatic N) is 1. The Morgan fingerprint density at radius 3 is 2.18 bits per heavy atom. The van der Waals surface area contributed by atoms with Gasteiger partial charge < -0.3 is 19.2 Å². The maximum atomic E-state index is 11.8. The number of phosphoric acid groups is 1. The Kier molecular flexibility index (Phi) is 19.6. The zero-order valence-corrected chi connectivity index (χ0v) is 22.7. The minimum atomic E-state index is -4.24. The van der Waals surface area contributed by atoms with Gasteiger partial charge in [-0.1, -0.05) is 63.3 Å². The van der Waals surface area contributed by atoms with Gasteiger partial charge in [0.15, 0.2) is 0 Å². The first-order valence-electron chi connectivity index (χ1n) is 12.6. The van der Waals surface area contributed by atoms with Crippen LogP contribution in [0.15, 0.2) is 24.3 Å². The van der Waals surface area contributed by atoms with Gasteiger partial charge >= 0.3 is 13.8 Å². The third kappa shape index (κ3) is 24.1. The first-order valence-corrected chi connectivity index (χ1v) is 14.1. The molecule has 0 bridgehead atoms. The fraction of sp³-hybridized carbons (Fsp3) is 0.800. The number of esters is 1. The van der Waals surface area contributed by atoms with E-state index < -0.39 is 20.5 Å². The lowest BCUT2D eigenvalue weighted by molar-refractivity contribution is -0.870. The van der Waals surface area contributed by atoms with E-state index in [1.165, 1.54) is 19.3 Å². The maximum absolute atomic E-state index is 11.8. The average molecular weight is 507 g/mol.